The molecule has 2 amide bonds. The number of rotatable bonds is 7. The van der Waals surface area contributed by atoms with Crippen LogP contribution in [0, 0.1) is 11.8 Å². The smallest absolute Gasteiger partial charge is 0.296 e. The maximum Gasteiger partial charge on any atom is 0.296 e. The van der Waals surface area contributed by atoms with Gasteiger partial charge in [0.05, 0.1) is 18.6 Å². The van der Waals surface area contributed by atoms with Crippen LogP contribution in [0.5, 0.6) is 0 Å². The molecular weight excluding hydrogens is 556 g/mol. The Hall–Kier alpha value is -4.79. The molecule has 1 aromatic carbocycles. The van der Waals surface area contributed by atoms with Crippen molar-refractivity contribution in [2.75, 3.05) is 49.6 Å². The average molecular weight is 593 g/mol. The van der Waals surface area contributed by atoms with E-state index in [-0.39, 0.29) is 17.4 Å². The van der Waals surface area contributed by atoms with Gasteiger partial charge in [0, 0.05) is 55.8 Å². The van der Waals surface area contributed by atoms with E-state index in [1.54, 1.807) is 19.4 Å². The molecule has 11 nitrogen and oxygen atoms in total. The molecule has 3 N–H and O–H groups in total. The van der Waals surface area contributed by atoms with Crippen molar-refractivity contribution in [1.82, 2.24) is 30.2 Å². The molecule has 2 aliphatic rings. The van der Waals surface area contributed by atoms with Crippen LogP contribution in [0.2, 0.25) is 0 Å². The number of morpholine rings is 1. The number of aromatic amines is 1. The van der Waals surface area contributed by atoms with E-state index in [4.69, 9.17) is 4.74 Å². The van der Waals surface area contributed by atoms with Crippen LogP contribution in [0.1, 0.15) is 42.7 Å². The molecule has 0 radical (unpaired) electrons. The molecule has 0 bridgehead atoms. The van der Waals surface area contributed by atoms with Gasteiger partial charge >= 0.3 is 0 Å². The Kier molecular flexibility index (Phi) is 8.54. The van der Waals surface area contributed by atoms with Crippen molar-refractivity contribution >= 4 is 34.4 Å². The topological polar surface area (TPSA) is 128 Å². The molecule has 2 saturated heterocycles. The molecule has 4 aromatic rings. The molecule has 0 aliphatic carbocycles. The van der Waals surface area contributed by atoms with Crippen molar-refractivity contribution in [2.45, 2.75) is 38.8 Å². The number of hydrogen-bond donors (Lipinski definition) is 3. The summed E-state index contributed by atoms with van der Waals surface area (Å²) in [5.74, 6) is 5.63. The van der Waals surface area contributed by atoms with Crippen LogP contribution >= 0.6 is 0 Å². The van der Waals surface area contributed by atoms with Gasteiger partial charge in [-0.1, -0.05) is 18.1 Å². The third-order valence-corrected chi connectivity index (χ3v) is 8.25. The van der Waals surface area contributed by atoms with E-state index in [1.807, 2.05) is 36.4 Å². The number of carbonyl (C=O) groups is 2. The maximum absolute atomic E-state index is 13.1. The molecular formula is C33H36N8O3. The van der Waals surface area contributed by atoms with Gasteiger partial charge in [-0.2, -0.15) is 0 Å². The van der Waals surface area contributed by atoms with Crippen LogP contribution < -0.4 is 15.5 Å². The maximum atomic E-state index is 13.1. The second kappa shape index (κ2) is 12.8. The van der Waals surface area contributed by atoms with Crippen molar-refractivity contribution in [3.8, 4) is 23.1 Å². The Labute approximate surface area is 256 Å². The van der Waals surface area contributed by atoms with Crippen LogP contribution in [-0.4, -0.2) is 81.6 Å². The number of pyridine rings is 1. The summed E-state index contributed by atoms with van der Waals surface area (Å²) in [5, 5.41) is 6.99. The largest absolute Gasteiger partial charge is 0.378 e. The van der Waals surface area contributed by atoms with Gasteiger partial charge in [-0.3, -0.25) is 19.5 Å². The number of likely N-dealkylation sites (tertiary alicyclic amines) is 1. The van der Waals surface area contributed by atoms with Crippen molar-refractivity contribution in [2.24, 2.45) is 0 Å². The number of carbonyl (C=O) groups excluding carboxylic acids is 2. The number of anilines is 2. The first-order valence-corrected chi connectivity index (χ1v) is 14.9. The normalized spacial score (nSPS) is 16.6. The number of amides is 2. The van der Waals surface area contributed by atoms with Gasteiger partial charge < -0.3 is 25.3 Å². The van der Waals surface area contributed by atoms with E-state index < -0.39 is 0 Å². The lowest BCUT2D eigenvalue weighted by Gasteiger charge is -2.39. The van der Waals surface area contributed by atoms with E-state index in [2.05, 4.69) is 65.2 Å². The van der Waals surface area contributed by atoms with Crippen molar-refractivity contribution in [3.63, 3.8) is 0 Å². The lowest BCUT2D eigenvalue weighted by atomic mass is 9.89. The Morgan fingerprint density at radius 3 is 2.55 bits per heavy atom. The Morgan fingerprint density at radius 1 is 1.02 bits per heavy atom. The highest BCUT2D eigenvalue weighted by Gasteiger charge is 2.31. The summed E-state index contributed by atoms with van der Waals surface area (Å²) in [4.78, 5) is 46.3. The number of benzene rings is 1. The summed E-state index contributed by atoms with van der Waals surface area (Å²) >= 11 is 0. The monoisotopic (exact) mass is 592 g/mol. The van der Waals surface area contributed by atoms with Gasteiger partial charge in [0.15, 0.2) is 0 Å². The summed E-state index contributed by atoms with van der Waals surface area (Å²) in [6, 6.07) is 13.5. The molecule has 3 aromatic heterocycles. The molecule has 0 atom stereocenters. The Balaban J connectivity index is 1.07. The van der Waals surface area contributed by atoms with Gasteiger partial charge in [0.25, 0.3) is 11.8 Å². The highest BCUT2D eigenvalue weighted by molar-refractivity contribution is 6.03. The van der Waals surface area contributed by atoms with E-state index in [0.29, 0.717) is 31.1 Å². The highest BCUT2D eigenvalue weighted by Crippen LogP contribution is 2.30. The third-order valence-electron chi connectivity index (χ3n) is 8.25. The van der Waals surface area contributed by atoms with Crippen LogP contribution in [0.4, 0.5) is 11.5 Å². The number of ether oxygens (including phenoxy) is 1. The lowest BCUT2D eigenvalue weighted by Crippen LogP contribution is -2.52. The quantitative estimate of drug-likeness (QED) is 0.278. The standard InChI is InChI=1S/C33H36N8O3/c1-3-4-29(42)39-33(2)10-13-40(14-11-33)21-23-9-12-34-28(19-23)32(43)37-25-7-5-24(6-8-25)27-20-26-30(38-27)35-22-36-31(26)41-15-17-44-18-16-41/h5-9,12,19-20,22H,10-11,13-18,21H2,1-2H3,(H,37,43)(H,39,42)(H,35,36,38). The minimum absolute atomic E-state index is 0.228. The number of hydrogen-bond acceptors (Lipinski definition) is 8. The zero-order chi connectivity index (χ0) is 30.5. The first-order valence-electron chi connectivity index (χ1n) is 14.9. The first-order chi connectivity index (χ1) is 21.4. The number of H-pyrrole nitrogens is 1. The summed E-state index contributed by atoms with van der Waals surface area (Å²) in [7, 11) is 0. The molecule has 11 heteroatoms. The Bertz CT molecular complexity index is 1710. The SMILES string of the molecule is CC#CC(=O)NC1(C)CCN(Cc2ccnc(C(=O)Nc3ccc(-c4cc5c(N6CCOCC6)ncnc5[nH]4)cc3)c2)CC1. The minimum Gasteiger partial charge on any atom is -0.378 e. The van der Waals surface area contributed by atoms with Crippen LogP contribution in [0.15, 0.2) is 55.0 Å². The lowest BCUT2D eigenvalue weighted by molar-refractivity contribution is -0.117. The van der Waals surface area contributed by atoms with E-state index in [0.717, 1.165) is 72.7 Å². The molecule has 5 heterocycles. The van der Waals surface area contributed by atoms with E-state index >= 15 is 0 Å². The van der Waals surface area contributed by atoms with Gasteiger partial charge in [0.1, 0.15) is 23.5 Å². The fourth-order valence-electron chi connectivity index (χ4n) is 5.74. The molecule has 2 aliphatic heterocycles. The molecule has 0 saturated carbocycles. The zero-order valence-corrected chi connectivity index (χ0v) is 25.0. The number of piperidine rings is 1. The zero-order valence-electron chi connectivity index (χ0n) is 25.0. The second-order valence-electron chi connectivity index (χ2n) is 11.5. The predicted octanol–water partition coefficient (Wildman–Crippen LogP) is 3.60. The van der Waals surface area contributed by atoms with Crippen molar-refractivity contribution in [1.29, 1.82) is 0 Å². The molecule has 0 spiro atoms. The molecule has 44 heavy (non-hydrogen) atoms. The van der Waals surface area contributed by atoms with Crippen molar-refractivity contribution in [3.05, 3.63) is 66.2 Å². The minimum atomic E-state index is -0.262. The molecule has 6 rings (SSSR count). The molecule has 226 valence electrons. The Morgan fingerprint density at radius 2 is 1.80 bits per heavy atom. The van der Waals surface area contributed by atoms with Crippen LogP contribution in [0.25, 0.3) is 22.3 Å². The first kappa shape index (κ1) is 29.3. The van der Waals surface area contributed by atoms with Crippen LogP contribution in [0.3, 0.4) is 0 Å². The summed E-state index contributed by atoms with van der Waals surface area (Å²) < 4.78 is 5.49. The summed E-state index contributed by atoms with van der Waals surface area (Å²) in [6.45, 7) is 9.08. The van der Waals surface area contributed by atoms with Crippen molar-refractivity contribution < 1.29 is 14.3 Å². The number of nitrogens with zero attached hydrogens (tertiary/aromatic N) is 5. The molecule has 2 fully saturated rings. The summed E-state index contributed by atoms with van der Waals surface area (Å²) in [5.41, 5.74) is 4.49. The molecule has 0 unspecified atom stereocenters. The van der Waals surface area contributed by atoms with Gasteiger partial charge in [-0.25, -0.2) is 9.97 Å². The van der Waals surface area contributed by atoms with Gasteiger partial charge in [0.2, 0.25) is 0 Å². The van der Waals surface area contributed by atoms with Gasteiger partial charge in [-0.15, -0.1) is 0 Å². The second-order valence-corrected chi connectivity index (χ2v) is 11.5. The highest BCUT2D eigenvalue weighted by atomic mass is 16.5. The van der Waals surface area contributed by atoms with E-state index in [1.165, 1.54) is 0 Å². The number of aromatic nitrogens is 4. The average Bonchev–Trinajstić information content (AvgIpc) is 3.48. The third kappa shape index (κ3) is 6.72. The van der Waals surface area contributed by atoms with E-state index in [9.17, 15) is 9.59 Å². The number of fused-ring (bicyclic) bond motifs is 1. The fourth-order valence-corrected chi connectivity index (χ4v) is 5.74. The van der Waals surface area contributed by atoms with Crippen LogP contribution in [-0.2, 0) is 16.1 Å². The predicted molar refractivity (Wildman–Crippen MR) is 169 cm³/mol. The van der Waals surface area contributed by atoms with Gasteiger partial charge in [-0.05, 0) is 74.1 Å². The number of nitrogens with one attached hydrogen (secondary N) is 3. The summed E-state index contributed by atoms with van der Waals surface area (Å²) in [6.07, 6.45) is 4.93. The fraction of sp³-hybridized carbons (Fsp3) is 0.364.